The van der Waals surface area contributed by atoms with Crippen LogP contribution in [0.5, 0.6) is 0 Å². The molecular formula is C19H17Cl2N5O2. The summed E-state index contributed by atoms with van der Waals surface area (Å²) >= 11 is 12.1. The third-order valence-corrected chi connectivity index (χ3v) is 4.56. The molecule has 0 atom stereocenters. The van der Waals surface area contributed by atoms with Crippen molar-refractivity contribution >= 4 is 40.7 Å². The molecule has 2 aromatic carbocycles. The van der Waals surface area contributed by atoms with Crippen molar-refractivity contribution in [2.24, 2.45) is 0 Å². The van der Waals surface area contributed by atoms with Gasteiger partial charge < -0.3 is 10.2 Å². The van der Waals surface area contributed by atoms with Crippen LogP contribution in [-0.2, 0) is 4.79 Å². The number of hydrogen-bond donors (Lipinski definition) is 1. The molecule has 2 amide bonds. The molecule has 144 valence electrons. The molecule has 0 aliphatic rings. The van der Waals surface area contributed by atoms with Gasteiger partial charge in [-0.2, -0.15) is 9.90 Å². The van der Waals surface area contributed by atoms with Crippen LogP contribution < -0.4 is 5.32 Å². The number of hydrogen-bond acceptors (Lipinski definition) is 4. The quantitative estimate of drug-likeness (QED) is 0.687. The van der Waals surface area contributed by atoms with Crippen LogP contribution in [0.3, 0.4) is 0 Å². The summed E-state index contributed by atoms with van der Waals surface area (Å²) in [5.41, 5.74) is 1.69. The number of benzene rings is 2. The molecule has 1 N–H and O–H groups in total. The molecule has 9 heteroatoms. The second kappa shape index (κ2) is 8.41. The van der Waals surface area contributed by atoms with Gasteiger partial charge in [0.25, 0.3) is 5.91 Å². The Morgan fingerprint density at radius 2 is 1.68 bits per heavy atom. The Balaban J connectivity index is 1.71. The van der Waals surface area contributed by atoms with Crippen molar-refractivity contribution in [1.82, 2.24) is 19.9 Å². The van der Waals surface area contributed by atoms with Crippen molar-refractivity contribution in [2.75, 3.05) is 18.9 Å². The summed E-state index contributed by atoms with van der Waals surface area (Å²) < 4.78 is 0. The standard InChI is InChI=1S/C19H17Cl2N5O2/c1-12-17(24-26(23-12)13-7-4-3-5-8-13)19(28)25(2)11-16(27)22-18-14(20)9-6-10-15(18)21/h3-10H,11H2,1-2H3,(H,22,27). The Morgan fingerprint density at radius 1 is 1.04 bits per heavy atom. The molecule has 0 saturated carbocycles. The molecule has 3 aromatic rings. The van der Waals surface area contributed by atoms with E-state index in [4.69, 9.17) is 23.2 Å². The van der Waals surface area contributed by atoms with Gasteiger partial charge in [-0.25, -0.2) is 0 Å². The number of nitrogens with zero attached hydrogens (tertiary/aromatic N) is 4. The van der Waals surface area contributed by atoms with Gasteiger partial charge in [-0.15, -0.1) is 5.10 Å². The maximum atomic E-state index is 12.7. The number of nitrogens with one attached hydrogen (secondary N) is 1. The number of carbonyl (C=O) groups is 2. The average Bonchev–Trinajstić information content (AvgIpc) is 3.06. The van der Waals surface area contributed by atoms with Crippen LogP contribution in [0.4, 0.5) is 5.69 Å². The minimum Gasteiger partial charge on any atom is -0.331 e. The summed E-state index contributed by atoms with van der Waals surface area (Å²) in [6.45, 7) is 1.50. The highest BCUT2D eigenvalue weighted by atomic mass is 35.5. The van der Waals surface area contributed by atoms with Gasteiger partial charge in [-0.3, -0.25) is 9.59 Å². The molecule has 0 saturated heterocycles. The number of halogens is 2. The zero-order valence-corrected chi connectivity index (χ0v) is 16.7. The molecule has 0 aliphatic heterocycles. The van der Waals surface area contributed by atoms with E-state index >= 15 is 0 Å². The van der Waals surface area contributed by atoms with Gasteiger partial charge >= 0.3 is 0 Å². The molecule has 0 spiro atoms. The first-order valence-electron chi connectivity index (χ1n) is 8.35. The Morgan fingerprint density at radius 3 is 2.32 bits per heavy atom. The van der Waals surface area contributed by atoms with E-state index in [1.54, 1.807) is 25.1 Å². The van der Waals surface area contributed by atoms with E-state index in [0.717, 1.165) is 5.69 Å². The van der Waals surface area contributed by atoms with Gasteiger partial charge in [-0.05, 0) is 31.2 Å². The van der Waals surface area contributed by atoms with E-state index in [-0.39, 0.29) is 12.2 Å². The predicted octanol–water partition coefficient (Wildman–Crippen LogP) is 3.59. The lowest BCUT2D eigenvalue weighted by atomic mass is 10.3. The maximum Gasteiger partial charge on any atom is 0.276 e. The fraction of sp³-hybridized carbons (Fsp3) is 0.158. The third-order valence-electron chi connectivity index (χ3n) is 3.93. The van der Waals surface area contributed by atoms with Crippen LogP contribution in [-0.4, -0.2) is 45.3 Å². The molecule has 28 heavy (non-hydrogen) atoms. The van der Waals surface area contributed by atoms with Crippen LogP contribution in [0.1, 0.15) is 16.2 Å². The van der Waals surface area contributed by atoms with Gasteiger partial charge in [0, 0.05) is 7.05 Å². The van der Waals surface area contributed by atoms with Crippen LogP contribution in [0.25, 0.3) is 5.69 Å². The van der Waals surface area contributed by atoms with Crippen LogP contribution in [0.15, 0.2) is 48.5 Å². The lowest BCUT2D eigenvalue weighted by Crippen LogP contribution is -2.35. The average molecular weight is 418 g/mol. The summed E-state index contributed by atoms with van der Waals surface area (Å²) in [6, 6.07) is 14.2. The predicted molar refractivity (Wildman–Crippen MR) is 108 cm³/mol. The van der Waals surface area contributed by atoms with Gasteiger partial charge in [0.2, 0.25) is 5.91 Å². The normalized spacial score (nSPS) is 10.6. The summed E-state index contributed by atoms with van der Waals surface area (Å²) in [5, 5.41) is 11.8. The highest BCUT2D eigenvalue weighted by molar-refractivity contribution is 6.39. The monoisotopic (exact) mass is 417 g/mol. The van der Waals surface area contributed by atoms with Gasteiger partial charge in [-0.1, -0.05) is 47.5 Å². The maximum absolute atomic E-state index is 12.7. The molecule has 0 aliphatic carbocycles. The number of amides is 2. The van der Waals surface area contributed by atoms with Gasteiger partial charge in [0.1, 0.15) is 0 Å². The summed E-state index contributed by atoms with van der Waals surface area (Å²) in [7, 11) is 1.51. The second-order valence-electron chi connectivity index (χ2n) is 6.07. The minimum absolute atomic E-state index is 0.176. The first kappa shape index (κ1) is 19.9. The number of anilines is 1. The van der Waals surface area contributed by atoms with E-state index < -0.39 is 11.8 Å². The van der Waals surface area contributed by atoms with Crippen molar-refractivity contribution in [3.05, 3.63) is 70.0 Å². The Kier molecular flexibility index (Phi) is 5.96. The van der Waals surface area contributed by atoms with Crippen molar-refractivity contribution in [2.45, 2.75) is 6.92 Å². The van der Waals surface area contributed by atoms with E-state index in [1.807, 2.05) is 30.3 Å². The molecule has 1 aromatic heterocycles. The molecule has 0 bridgehead atoms. The lowest BCUT2D eigenvalue weighted by Gasteiger charge is -2.16. The number of para-hydroxylation sites is 2. The van der Waals surface area contributed by atoms with Crippen LogP contribution >= 0.6 is 23.2 Å². The highest BCUT2D eigenvalue weighted by Crippen LogP contribution is 2.29. The van der Waals surface area contributed by atoms with E-state index in [0.29, 0.717) is 21.4 Å². The number of likely N-dealkylation sites (N-methyl/N-ethyl adjacent to an activating group) is 1. The highest BCUT2D eigenvalue weighted by Gasteiger charge is 2.22. The molecule has 3 rings (SSSR count). The molecule has 7 nitrogen and oxygen atoms in total. The number of aryl methyl sites for hydroxylation is 1. The third kappa shape index (κ3) is 4.32. The van der Waals surface area contributed by atoms with Crippen LogP contribution in [0.2, 0.25) is 10.0 Å². The van der Waals surface area contributed by atoms with Crippen molar-refractivity contribution in [3.8, 4) is 5.69 Å². The fourth-order valence-corrected chi connectivity index (χ4v) is 3.01. The topological polar surface area (TPSA) is 80.1 Å². The number of carbonyl (C=O) groups excluding carboxylic acids is 2. The van der Waals surface area contributed by atoms with Crippen molar-refractivity contribution in [1.29, 1.82) is 0 Å². The zero-order chi connectivity index (χ0) is 20.3. The first-order valence-corrected chi connectivity index (χ1v) is 9.11. The van der Waals surface area contributed by atoms with E-state index in [9.17, 15) is 9.59 Å². The number of rotatable bonds is 5. The minimum atomic E-state index is -0.432. The lowest BCUT2D eigenvalue weighted by molar-refractivity contribution is -0.116. The Hall–Kier alpha value is -2.90. The molecule has 0 fully saturated rings. The van der Waals surface area contributed by atoms with Gasteiger partial charge in [0.15, 0.2) is 5.69 Å². The molecular weight excluding hydrogens is 401 g/mol. The molecule has 0 radical (unpaired) electrons. The van der Waals surface area contributed by atoms with Crippen molar-refractivity contribution < 1.29 is 9.59 Å². The zero-order valence-electron chi connectivity index (χ0n) is 15.2. The summed E-state index contributed by atoms with van der Waals surface area (Å²) in [5.74, 6) is -0.848. The largest absolute Gasteiger partial charge is 0.331 e. The summed E-state index contributed by atoms with van der Waals surface area (Å²) in [6.07, 6.45) is 0. The van der Waals surface area contributed by atoms with Crippen LogP contribution in [0, 0.1) is 6.92 Å². The Labute approximate surface area is 171 Å². The van der Waals surface area contributed by atoms with Gasteiger partial charge in [0.05, 0.1) is 33.7 Å². The molecule has 1 heterocycles. The van der Waals surface area contributed by atoms with E-state index in [2.05, 4.69) is 15.5 Å². The first-order chi connectivity index (χ1) is 13.4. The smallest absolute Gasteiger partial charge is 0.276 e. The second-order valence-corrected chi connectivity index (χ2v) is 6.88. The number of aromatic nitrogens is 3. The van der Waals surface area contributed by atoms with Crippen molar-refractivity contribution in [3.63, 3.8) is 0 Å². The fourth-order valence-electron chi connectivity index (χ4n) is 2.52. The summed E-state index contributed by atoms with van der Waals surface area (Å²) in [4.78, 5) is 27.7. The SMILES string of the molecule is Cc1nn(-c2ccccc2)nc1C(=O)N(C)CC(=O)Nc1c(Cl)cccc1Cl. The Bertz CT molecular complexity index is 1000. The molecule has 0 unspecified atom stereocenters. The van der Waals surface area contributed by atoms with E-state index in [1.165, 1.54) is 16.7 Å².